The fourth-order valence-corrected chi connectivity index (χ4v) is 5.11. The number of benzene rings is 1. The maximum absolute atomic E-state index is 5.71. The van der Waals surface area contributed by atoms with Crippen molar-refractivity contribution in [1.82, 2.24) is 14.5 Å². The molecule has 0 aliphatic heterocycles. The first kappa shape index (κ1) is 21.6. The molecule has 5 nitrogen and oxygen atoms in total. The molecule has 0 aliphatic rings. The van der Waals surface area contributed by atoms with E-state index in [2.05, 4.69) is 92.6 Å². The lowest BCUT2D eigenvalue weighted by molar-refractivity contribution is 0.379. The van der Waals surface area contributed by atoms with Gasteiger partial charge in [0.05, 0.1) is 14.5 Å². The number of anilines is 1. The zero-order valence-electron chi connectivity index (χ0n) is 14.5. The van der Waals surface area contributed by atoms with Crippen molar-refractivity contribution in [1.29, 1.82) is 0 Å². The molecule has 0 amide bonds. The topological polar surface area (TPSA) is 59.1 Å². The summed E-state index contributed by atoms with van der Waals surface area (Å²) in [7, 11) is 6.22. The number of fused-ring (bicyclic) bond motifs is 1. The van der Waals surface area contributed by atoms with E-state index in [0.29, 0.717) is 12.6 Å². The Balaban J connectivity index is 2.37. The van der Waals surface area contributed by atoms with Gasteiger partial charge in [-0.25, -0.2) is 4.98 Å². The Labute approximate surface area is 182 Å². The van der Waals surface area contributed by atoms with E-state index in [-0.39, 0.29) is 0 Å². The van der Waals surface area contributed by atoms with Crippen LogP contribution in [-0.4, -0.2) is 47.7 Å². The van der Waals surface area contributed by atoms with Crippen LogP contribution in [0.4, 0.5) is 5.95 Å². The summed E-state index contributed by atoms with van der Waals surface area (Å²) in [4.78, 5) is 7.03. The summed E-state index contributed by atoms with van der Waals surface area (Å²) in [5, 5.41) is 3.62. The number of rotatable bonds is 8. The third-order valence-corrected chi connectivity index (χ3v) is 8.83. The Morgan fingerprint density at radius 3 is 2.32 bits per heavy atom. The molecule has 0 saturated carbocycles. The highest BCUT2D eigenvalue weighted by molar-refractivity contribution is 9.15. The van der Waals surface area contributed by atoms with Gasteiger partial charge in [0.25, 0.3) is 0 Å². The van der Waals surface area contributed by atoms with E-state index in [1.165, 1.54) is 0 Å². The summed E-state index contributed by atoms with van der Waals surface area (Å²) in [6.45, 7) is 1.73. The quantitative estimate of drug-likeness (QED) is 0.326. The van der Waals surface area contributed by atoms with Crippen LogP contribution in [0.5, 0.6) is 0 Å². The Kier molecular flexibility index (Phi) is 8.22. The van der Waals surface area contributed by atoms with E-state index in [1.54, 1.807) is 0 Å². The highest BCUT2D eigenvalue weighted by atomic mass is 79.9. The molecule has 0 bridgehead atoms. The van der Waals surface area contributed by atoms with Crippen LogP contribution in [0.25, 0.3) is 11.0 Å². The van der Waals surface area contributed by atoms with Crippen LogP contribution in [0.15, 0.2) is 17.9 Å². The van der Waals surface area contributed by atoms with Gasteiger partial charge in [0.1, 0.15) is 5.52 Å². The SMILES string of the molecule is CN(C)CCC(CCCN)Nc1nc2c(Br)c(Br)c(Br)c(Br)c2n1C. The molecule has 1 unspecified atom stereocenters. The summed E-state index contributed by atoms with van der Waals surface area (Å²) in [6.07, 6.45) is 3.08. The Morgan fingerprint density at radius 2 is 1.72 bits per heavy atom. The number of nitrogens with one attached hydrogen (secondary N) is 1. The number of hydrogen-bond donors (Lipinski definition) is 2. The highest BCUT2D eigenvalue weighted by Crippen LogP contribution is 2.43. The molecular weight excluding hydrogens is 582 g/mol. The van der Waals surface area contributed by atoms with Crippen molar-refractivity contribution in [3.8, 4) is 0 Å². The fraction of sp³-hybridized carbons (Fsp3) is 0.562. The second-order valence-electron chi connectivity index (χ2n) is 6.31. The van der Waals surface area contributed by atoms with Crippen molar-refractivity contribution < 1.29 is 0 Å². The second kappa shape index (κ2) is 9.50. The van der Waals surface area contributed by atoms with Crippen LogP contribution < -0.4 is 11.1 Å². The largest absolute Gasteiger partial charge is 0.353 e. The van der Waals surface area contributed by atoms with Gasteiger partial charge < -0.3 is 20.5 Å². The van der Waals surface area contributed by atoms with E-state index >= 15 is 0 Å². The monoisotopic (exact) mass is 601 g/mol. The molecule has 0 saturated heterocycles. The lowest BCUT2D eigenvalue weighted by Crippen LogP contribution is -2.27. The van der Waals surface area contributed by atoms with Crippen molar-refractivity contribution in [3.63, 3.8) is 0 Å². The second-order valence-corrected chi connectivity index (χ2v) is 9.48. The Bertz CT molecular complexity index is 744. The van der Waals surface area contributed by atoms with Gasteiger partial charge in [0.15, 0.2) is 0 Å². The van der Waals surface area contributed by atoms with Gasteiger partial charge in [-0.05, 0) is 110 Å². The van der Waals surface area contributed by atoms with Crippen molar-refractivity contribution in [3.05, 3.63) is 17.9 Å². The van der Waals surface area contributed by atoms with Crippen LogP contribution in [0.3, 0.4) is 0 Å². The Hall–Kier alpha value is 0.330. The summed E-state index contributed by atoms with van der Waals surface area (Å²) in [5.74, 6) is 0.863. The predicted octanol–water partition coefficient (Wildman–Crippen LogP) is 5.09. The van der Waals surface area contributed by atoms with Crippen molar-refractivity contribution in [2.24, 2.45) is 12.8 Å². The number of imidazole rings is 1. The average molecular weight is 605 g/mol. The number of nitrogens with zero attached hydrogens (tertiary/aromatic N) is 3. The van der Waals surface area contributed by atoms with Crippen molar-refractivity contribution in [2.75, 3.05) is 32.5 Å². The minimum absolute atomic E-state index is 0.339. The van der Waals surface area contributed by atoms with E-state index in [4.69, 9.17) is 10.7 Å². The predicted molar refractivity (Wildman–Crippen MR) is 120 cm³/mol. The van der Waals surface area contributed by atoms with Crippen LogP contribution >= 0.6 is 63.7 Å². The molecule has 2 rings (SSSR count). The molecule has 140 valence electrons. The zero-order chi connectivity index (χ0) is 18.7. The molecule has 0 aliphatic carbocycles. The standard InChI is InChI=1S/C16H23Br4N5/c1-24(2)8-6-9(5-4-7-21)22-16-23-14-12(19)10(17)11(18)13(20)15(14)25(16)3/h9H,4-8,21H2,1-3H3,(H,22,23). The molecule has 1 atom stereocenters. The molecule has 0 fully saturated rings. The number of hydrogen-bond acceptors (Lipinski definition) is 4. The molecule has 3 N–H and O–H groups in total. The summed E-state index contributed by atoms with van der Waals surface area (Å²) < 4.78 is 5.92. The minimum Gasteiger partial charge on any atom is -0.353 e. The van der Waals surface area contributed by atoms with Gasteiger partial charge in [-0.3, -0.25) is 0 Å². The van der Waals surface area contributed by atoms with Gasteiger partial charge in [0.2, 0.25) is 5.95 Å². The lowest BCUT2D eigenvalue weighted by Gasteiger charge is -2.21. The first-order chi connectivity index (χ1) is 11.8. The smallest absolute Gasteiger partial charge is 0.203 e. The zero-order valence-corrected chi connectivity index (χ0v) is 20.9. The molecule has 1 aromatic heterocycles. The first-order valence-corrected chi connectivity index (χ1v) is 11.2. The first-order valence-electron chi connectivity index (χ1n) is 8.07. The Morgan fingerprint density at radius 1 is 1.08 bits per heavy atom. The van der Waals surface area contributed by atoms with Crippen LogP contribution in [0.2, 0.25) is 0 Å². The summed E-state index contributed by atoms with van der Waals surface area (Å²) >= 11 is 14.5. The van der Waals surface area contributed by atoms with Gasteiger partial charge in [-0.2, -0.15) is 0 Å². The number of nitrogens with two attached hydrogens (primary N) is 1. The molecule has 1 aromatic carbocycles. The third-order valence-electron chi connectivity index (χ3n) is 4.10. The van der Waals surface area contributed by atoms with Crippen molar-refractivity contribution in [2.45, 2.75) is 25.3 Å². The molecule has 0 radical (unpaired) electrons. The summed E-state index contributed by atoms with van der Waals surface area (Å²) in [6, 6.07) is 0.339. The van der Waals surface area contributed by atoms with Crippen LogP contribution in [0.1, 0.15) is 19.3 Å². The molecule has 0 spiro atoms. The lowest BCUT2D eigenvalue weighted by atomic mass is 10.1. The van der Waals surface area contributed by atoms with Crippen LogP contribution in [-0.2, 0) is 7.05 Å². The number of aryl methyl sites for hydroxylation is 1. The molecular formula is C16H23Br4N5. The average Bonchev–Trinajstić information content (AvgIpc) is 2.90. The number of halogens is 4. The van der Waals surface area contributed by atoms with E-state index in [0.717, 1.165) is 60.7 Å². The van der Waals surface area contributed by atoms with Gasteiger partial charge in [0, 0.05) is 22.0 Å². The third kappa shape index (κ3) is 4.99. The van der Waals surface area contributed by atoms with Gasteiger partial charge in [-0.15, -0.1) is 0 Å². The summed E-state index contributed by atoms with van der Waals surface area (Å²) in [5.41, 5.74) is 7.66. The maximum Gasteiger partial charge on any atom is 0.203 e. The number of aromatic nitrogens is 2. The fourth-order valence-electron chi connectivity index (χ4n) is 2.68. The molecule has 2 aromatic rings. The minimum atomic E-state index is 0.339. The van der Waals surface area contributed by atoms with Gasteiger partial charge in [-0.1, -0.05) is 0 Å². The van der Waals surface area contributed by atoms with Gasteiger partial charge >= 0.3 is 0 Å². The van der Waals surface area contributed by atoms with Crippen LogP contribution in [0, 0.1) is 0 Å². The normalized spacial score (nSPS) is 13.0. The molecule has 25 heavy (non-hydrogen) atoms. The van der Waals surface area contributed by atoms with Crippen molar-refractivity contribution >= 4 is 80.7 Å². The maximum atomic E-state index is 5.71. The molecule has 9 heteroatoms. The molecule has 1 heterocycles. The van der Waals surface area contributed by atoms with E-state index in [9.17, 15) is 0 Å². The highest BCUT2D eigenvalue weighted by Gasteiger charge is 2.21. The van der Waals surface area contributed by atoms with E-state index < -0.39 is 0 Å². The van der Waals surface area contributed by atoms with E-state index in [1.807, 2.05) is 7.05 Å².